The lowest BCUT2D eigenvalue weighted by molar-refractivity contribution is -0.137. The fraction of sp³-hybridized carbons (Fsp3) is 0.400. The third-order valence-corrected chi connectivity index (χ3v) is 2.75. The van der Waals surface area contributed by atoms with Crippen molar-refractivity contribution in [1.82, 2.24) is 0 Å². The van der Waals surface area contributed by atoms with E-state index in [4.69, 9.17) is 0 Å². The predicted molar refractivity (Wildman–Crippen MR) is 51.1 cm³/mol. The van der Waals surface area contributed by atoms with E-state index >= 15 is 0 Å². The van der Waals surface area contributed by atoms with Crippen LogP contribution in [0.4, 0.5) is 13.2 Å². The van der Waals surface area contributed by atoms with Crippen molar-refractivity contribution in [3.05, 3.63) is 33.8 Å². The Balaban J connectivity index is 2.41. The summed E-state index contributed by atoms with van der Waals surface area (Å²) in [4.78, 5) is 0. The highest BCUT2D eigenvalue weighted by Gasteiger charge is 2.33. The minimum absolute atomic E-state index is 0.341. The van der Waals surface area contributed by atoms with Crippen molar-refractivity contribution >= 4 is 15.9 Å². The molecular formula is C10H8BrF3. The van der Waals surface area contributed by atoms with Crippen molar-refractivity contribution in [1.29, 1.82) is 0 Å². The monoisotopic (exact) mass is 264 g/mol. The van der Waals surface area contributed by atoms with E-state index in [2.05, 4.69) is 15.9 Å². The molecule has 1 saturated carbocycles. The van der Waals surface area contributed by atoms with E-state index in [1.165, 1.54) is 6.07 Å². The van der Waals surface area contributed by atoms with Crippen LogP contribution in [0.25, 0.3) is 0 Å². The van der Waals surface area contributed by atoms with Crippen LogP contribution in [0.15, 0.2) is 22.7 Å². The van der Waals surface area contributed by atoms with E-state index in [0.717, 1.165) is 24.5 Å². The lowest BCUT2D eigenvalue weighted by Gasteiger charge is -2.09. The van der Waals surface area contributed by atoms with E-state index in [0.29, 0.717) is 10.4 Å². The highest BCUT2D eigenvalue weighted by Crippen LogP contribution is 2.43. The van der Waals surface area contributed by atoms with Gasteiger partial charge in [-0.2, -0.15) is 13.2 Å². The van der Waals surface area contributed by atoms with Crippen LogP contribution in [0.2, 0.25) is 0 Å². The van der Waals surface area contributed by atoms with Gasteiger partial charge in [0.2, 0.25) is 0 Å². The first kappa shape index (κ1) is 10.0. The first-order valence-electron chi connectivity index (χ1n) is 4.34. The third-order valence-electron chi connectivity index (χ3n) is 2.30. The lowest BCUT2D eigenvalue weighted by Crippen LogP contribution is -2.05. The highest BCUT2D eigenvalue weighted by atomic mass is 79.9. The SMILES string of the molecule is FC(F)(F)c1cc(Br)cc(C2CC2)c1. The molecule has 0 spiro atoms. The normalized spacial score (nSPS) is 17.1. The Labute approximate surface area is 88.2 Å². The Morgan fingerprint density at radius 3 is 2.29 bits per heavy atom. The van der Waals surface area contributed by atoms with Crippen LogP contribution in [0, 0.1) is 0 Å². The molecule has 1 aliphatic carbocycles. The number of rotatable bonds is 1. The fourth-order valence-electron chi connectivity index (χ4n) is 1.43. The summed E-state index contributed by atoms with van der Waals surface area (Å²) in [5.74, 6) is 0.341. The van der Waals surface area contributed by atoms with Crippen molar-refractivity contribution < 1.29 is 13.2 Å². The van der Waals surface area contributed by atoms with Gasteiger partial charge in [-0.1, -0.05) is 15.9 Å². The molecule has 0 atom stereocenters. The van der Waals surface area contributed by atoms with Crippen LogP contribution < -0.4 is 0 Å². The van der Waals surface area contributed by atoms with Gasteiger partial charge in [-0.25, -0.2) is 0 Å². The van der Waals surface area contributed by atoms with Gasteiger partial charge in [0.05, 0.1) is 5.56 Å². The maximum Gasteiger partial charge on any atom is 0.416 e. The molecule has 76 valence electrons. The van der Waals surface area contributed by atoms with Crippen molar-refractivity contribution in [3.8, 4) is 0 Å². The Morgan fingerprint density at radius 2 is 1.79 bits per heavy atom. The molecule has 1 aliphatic rings. The van der Waals surface area contributed by atoms with Crippen LogP contribution in [0.3, 0.4) is 0 Å². The number of alkyl halides is 3. The van der Waals surface area contributed by atoms with Crippen LogP contribution in [0.1, 0.15) is 29.9 Å². The average Bonchev–Trinajstić information content (AvgIpc) is 2.83. The highest BCUT2D eigenvalue weighted by molar-refractivity contribution is 9.10. The second-order valence-corrected chi connectivity index (χ2v) is 4.46. The van der Waals surface area contributed by atoms with Crippen LogP contribution >= 0.6 is 15.9 Å². The molecule has 0 nitrogen and oxygen atoms in total. The number of hydrogen-bond donors (Lipinski definition) is 0. The molecule has 0 aromatic heterocycles. The topological polar surface area (TPSA) is 0 Å². The molecule has 0 heterocycles. The first-order valence-corrected chi connectivity index (χ1v) is 5.14. The second-order valence-electron chi connectivity index (χ2n) is 3.55. The summed E-state index contributed by atoms with van der Waals surface area (Å²) in [6.07, 6.45) is -2.23. The van der Waals surface area contributed by atoms with Crippen LogP contribution in [-0.2, 0) is 6.18 Å². The molecule has 2 rings (SSSR count). The van der Waals surface area contributed by atoms with Gasteiger partial charge in [0, 0.05) is 4.47 Å². The van der Waals surface area contributed by atoms with Crippen molar-refractivity contribution in [2.45, 2.75) is 24.9 Å². The molecule has 0 unspecified atom stereocenters. The standard InChI is InChI=1S/C10H8BrF3/c11-9-4-7(6-1-2-6)3-8(5-9)10(12,13)14/h3-6H,1-2H2. The molecule has 1 aromatic rings. The van der Waals surface area contributed by atoms with Gasteiger partial charge in [0.25, 0.3) is 0 Å². The summed E-state index contributed by atoms with van der Waals surface area (Å²) in [6.45, 7) is 0. The molecule has 1 aromatic carbocycles. The van der Waals surface area contributed by atoms with Gasteiger partial charge in [-0.05, 0) is 42.5 Å². The third kappa shape index (κ3) is 2.11. The summed E-state index contributed by atoms with van der Waals surface area (Å²) >= 11 is 3.10. The summed E-state index contributed by atoms with van der Waals surface area (Å²) in [5.41, 5.74) is 0.237. The van der Waals surface area contributed by atoms with Gasteiger partial charge in [0.1, 0.15) is 0 Å². The smallest absolute Gasteiger partial charge is 0.166 e. The Morgan fingerprint density at radius 1 is 1.14 bits per heavy atom. The molecular weight excluding hydrogens is 257 g/mol. The quantitative estimate of drug-likeness (QED) is 0.708. The average molecular weight is 265 g/mol. The minimum Gasteiger partial charge on any atom is -0.166 e. The molecule has 0 radical (unpaired) electrons. The van der Waals surface area contributed by atoms with E-state index in [9.17, 15) is 13.2 Å². The van der Waals surface area contributed by atoms with Crippen LogP contribution in [-0.4, -0.2) is 0 Å². The van der Waals surface area contributed by atoms with Crippen molar-refractivity contribution in [2.24, 2.45) is 0 Å². The molecule has 0 amide bonds. The zero-order chi connectivity index (χ0) is 10.3. The number of halogens is 4. The molecule has 0 saturated heterocycles. The summed E-state index contributed by atoms with van der Waals surface area (Å²) in [7, 11) is 0. The summed E-state index contributed by atoms with van der Waals surface area (Å²) in [6, 6.07) is 4.14. The van der Waals surface area contributed by atoms with Gasteiger partial charge >= 0.3 is 6.18 Å². The molecule has 4 heteroatoms. The molecule has 14 heavy (non-hydrogen) atoms. The van der Waals surface area contributed by atoms with Crippen LogP contribution in [0.5, 0.6) is 0 Å². The van der Waals surface area contributed by atoms with E-state index in [1.54, 1.807) is 6.07 Å². The van der Waals surface area contributed by atoms with Gasteiger partial charge in [-0.15, -0.1) is 0 Å². The molecule has 1 fully saturated rings. The second kappa shape index (κ2) is 3.26. The Kier molecular flexibility index (Phi) is 2.33. The maximum atomic E-state index is 12.4. The zero-order valence-electron chi connectivity index (χ0n) is 7.24. The number of benzene rings is 1. The van der Waals surface area contributed by atoms with E-state index in [-0.39, 0.29) is 0 Å². The van der Waals surface area contributed by atoms with Gasteiger partial charge in [-0.3, -0.25) is 0 Å². The van der Waals surface area contributed by atoms with Gasteiger partial charge in [0.15, 0.2) is 0 Å². The minimum atomic E-state index is -4.24. The molecule has 0 bridgehead atoms. The first-order chi connectivity index (χ1) is 6.47. The summed E-state index contributed by atoms with van der Waals surface area (Å²) < 4.78 is 37.7. The largest absolute Gasteiger partial charge is 0.416 e. The number of hydrogen-bond acceptors (Lipinski definition) is 0. The van der Waals surface area contributed by atoms with Gasteiger partial charge < -0.3 is 0 Å². The fourth-order valence-corrected chi connectivity index (χ4v) is 1.94. The van der Waals surface area contributed by atoms with Crippen molar-refractivity contribution in [2.75, 3.05) is 0 Å². The molecule has 0 N–H and O–H groups in total. The van der Waals surface area contributed by atoms with Crippen molar-refractivity contribution in [3.63, 3.8) is 0 Å². The molecule has 0 aliphatic heterocycles. The van der Waals surface area contributed by atoms with E-state index in [1.807, 2.05) is 0 Å². The lowest BCUT2D eigenvalue weighted by atomic mass is 10.1. The maximum absolute atomic E-state index is 12.4. The summed E-state index contributed by atoms with van der Waals surface area (Å²) in [5, 5.41) is 0. The predicted octanol–water partition coefficient (Wildman–Crippen LogP) is 4.35. The Hall–Kier alpha value is -0.510. The Bertz CT molecular complexity index is 353. The van der Waals surface area contributed by atoms with E-state index < -0.39 is 11.7 Å². The zero-order valence-corrected chi connectivity index (χ0v) is 8.82.